The van der Waals surface area contributed by atoms with Crippen LogP contribution in [-0.2, 0) is 4.79 Å². The number of primary amides is 1. The molecule has 8 heteroatoms. The molecule has 0 aromatic heterocycles. The summed E-state index contributed by atoms with van der Waals surface area (Å²) in [5, 5.41) is 3.23. The van der Waals surface area contributed by atoms with Gasteiger partial charge in [0.1, 0.15) is 6.54 Å². The summed E-state index contributed by atoms with van der Waals surface area (Å²) in [5.74, 6) is -1.35. The van der Waals surface area contributed by atoms with Crippen LogP contribution in [0.4, 0.5) is 5.69 Å². The van der Waals surface area contributed by atoms with E-state index in [1.807, 2.05) is 0 Å². The highest BCUT2D eigenvalue weighted by molar-refractivity contribution is 6.39. The van der Waals surface area contributed by atoms with Crippen molar-refractivity contribution < 1.29 is 14.4 Å². The van der Waals surface area contributed by atoms with Gasteiger partial charge >= 0.3 is 0 Å². The normalized spacial score (nSPS) is 10.3. The zero-order valence-electron chi connectivity index (χ0n) is 14.0. The Balaban J connectivity index is 2.09. The minimum atomic E-state index is -0.577. The number of para-hydroxylation sites is 1. The number of rotatable bonds is 6. The summed E-state index contributed by atoms with van der Waals surface area (Å²) >= 11 is 12.1. The fourth-order valence-electron chi connectivity index (χ4n) is 2.26. The Morgan fingerprint density at radius 3 is 2.04 bits per heavy atom. The smallest absolute Gasteiger partial charge is 0.254 e. The van der Waals surface area contributed by atoms with E-state index < -0.39 is 11.8 Å². The maximum atomic E-state index is 12.6. The van der Waals surface area contributed by atoms with Crippen LogP contribution in [0.2, 0.25) is 10.0 Å². The van der Waals surface area contributed by atoms with Crippen molar-refractivity contribution in [2.75, 3.05) is 18.4 Å². The predicted molar refractivity (Wildman–Crippen MR) is 102 cm³/mol. The molecule has 0 aliphatic rings. The lowest BCUT2D eigenvalue weighted by molar-refractivity contribution is -0.116. The van der Waals surface area contributed by atoms with Crippen LogP contribution in [0.1, 0.15) is 27.6 Å². The average molecular weight is 394 g/mol. The summed E-state index contributed by atoms with van der Waals surface area (Å²) in [6.45, 7) is 1.90. The van der Waals surface area contributed by atoms with Crippen molar-refractivity contribution in [2.45, 2.75) is 6.92 Å². The van der Waals surface area contributed by atoms with E-state index in [4.69, 9.17) is 28.9 Å². The van der Waals surface area contributed by atoms with Crippen molar-refractivity contribution in [3.8, 4) is 0 Å². The number of carbonyl (C=O) groups is 3. The monoisotopic (exact) mass is 393 g/mol. The molecule has 0 unspecified atom stereocenters. The first-order valence-corrected chi connectivity index (χ1v) is 8.52. The molecule has 0 radical (unpaired) electrons. The number of nitrogens with zero attached hydrogens (tertiary/aromatic N) is 1. The number of hydrogen-bond donors (Lipinski definition) is 2. The van der Waals surface area contributed by atoms with Crippen LogP contribution >= 0.6 is 23.2 Å². The third-order valence-corrected chi connectivity index (χ3v) is 4.28. The summed E-state index contributed by atoms with van der Waals surface area (Å²) in [6.07, 6.45) is 0. The zero-order chi connectivity index (χ0) is 19.3. The Hall–Kier alpha value is -2.57. The van der Waals surface area contributed by atoms with E-state index in [0.29, 0.717) is 33.4 Å². The Morgan fingerprint density at radius 2 is 1.54 bits per heavy atom. The first kappa shape index (κ1) is 19.8. The number of nitrogens with one attached hydrogen (secondary N) is 1. The number of hydrogen-bond acceptors (Lipinski definition) is 3. The molecule has 6 nitrogen and oxygen atoms in total. The zero-order valence-corrected chi connectivity index (χ0v) is 15.5. The third-order valence-electron chi connectivity index (χ3n) is 3.65. The third kappa shape index (κ3) is 4.74. The fraction of sp³-hybridized carbons (Fsp3) is 0.167. The van der Waals surface area contributed by atoms with E-state index in [1.165, 1.54) is 29.2 Å². The molecule has 0 atom stereocenters. The molecule has 26 heavy (non-hydrogen) atoms. The topological polar surface area (TPSA) is 92.5 Å². The van der Waals surface area contributed by atoms with Crippen molar-refractivity contribution in [3.63, 3.8) is 0 Å². The molecule has 0 aliphatic carbocycles. The van der Waals surface area contributed by atoms with Gasteiger partial charge in [-0.25, -0.2) is 0 Å². The van der Waals surface area contributed by atoms with Gasteiger partial charge in [-0.15, -0.1) is 0 Å². The second-order valence-electron chi connectivity index (χ2n) is 5.41. The van der Waals surface area contributed by atoms with Crippen LogP contribution in [0.25, 0.3) is 0 Å². The second kappa shape index (κ2) is 8.69. The molecule has 0 spiro atoms. The minimum Gasteiger partial charge on any atom is -0.366 e. The Labute approximate surface area is 160 Å². The predicted octanol–water partition coefficient (Wildman–Crippen LogP) is 3.19. The lowest BCUT2D eigenvalue weighted by Crippen LogP contribution is -2.38. The molecule has 0 saturated carbocycles. The average Bonchev–Trinajstić information content (AvgIpc) is 2.62. The highest BCUT2D eigenvalue weighted by Gasteiger charge is 2.19. The van der Waals surface area contributed by atoms with E-state index in [2.05, 4.69) is 5.32 Å². The molecule has 2 aromatic rings. The Bertz CT molecular complexity index is 818. The molecule has 0 heterocycles. The number of amides is 3. The van der Waals surface area contributed by atoms with E-state index in [1.54, 1.807) is 25.1 Å². The van der Waals surface area contributed by atoms with E-state index in [9.17, 15) is 14.4 Å². The number of nitrogens with two attached hydrogens (primary N) is 1. The highest BCUT2D eigenvalue weighted by Crippen LogP contribution is 2.29. The quantitative estimate of drug-likeness (QED) is 0.788. The van der Waals surface area contributed by atoms with Crippen LogP contribution in [0, 0.1) is 0 Å². The lowest BCUT2D eigenvalue weighted by atomic mass is 10.1. The van der Waals surface area contributed by atoms with Crippen molar-refractivity contribution in [2.24, 2.45) is 5.73 Å². The molecule has 0 bridgehead atoms. The molecule has 136 valence electrons. The van der Waals surface area contributed by atoms with E-state index >= 15 is 0 Å². The first-order chi connectivity index (χ1) is 12.3. The van der Waals surface area contributed by atoms with Gasteiger partial charge in [-0.3, -0.25) is 14.4 Å². The van der Waals surface area contributed by atoms with Gasteiger partial charge in [0.2, 0.25) is 11.8 Å². The van der Waals surface area contributed by atoms with Gasteiger partial charge in [0, 0.05) is 17.7 Å². The molecule has 3 amide bonds. The maximum absolute atomic E-state index is 12.6. The number of likely N-dealkylation sites (N-methyl/N-ethyl adjacent to an activating group) is 1. The first-order valence-electron chi connectivity index (χ1n) is 7.76. The molecular weight excluding hydrogens is 377 g/mol. The largest absolute Gasteiger partial charge is 0.366 e. The van der Waals surface area contributed by atoms with Crippen molar-refractivity contribution in [1.82, 2.24) is 4.90 Å². The summed E-state index contributed by atoms with van der Waals surface area (Å²) in [4.78, 5) is 37.3. The van der Waals surface area contributed by atoms with Gasteiger partial charge in [-0.1, -0.05) is 29.3 Å². The number of benzene rings is 2. The number of halogens is 2. The van der Waals surface area contributed by atoms with Gasteiger partial charge < -0.3 is 16.0 Å². The van der Waals surface area contributed by atoms with Gasteiger partial charge in [0.05, 0.1) is 15.7 Å². The molecule has 0 saturated heterocycles. The number of anilines is 1. The van der Waals surface area contributed by atoms with Crippen molar-refractivity contribution in [3.05, 3.63) is 63.6 Å². The maximum Gasteiger partial charge on any atom is 0.254 e. The van der Waals surface area contributed by atoms with Gasteiger partial charge in [0.15, 0.2) is 0 Å². The van der Waals surface area contributed by atoms with E-state index in [0.717, 1.165) is 0 Å². The fourth-order valence-corrected chi connectivity index (χ4v) is 2.75. The molecular formula is C18H17Cl2N3O3. The van der Waals surface area contributed by atoms with Crippen molar-refractivity contribution >= 4 is 46.6 Å². The molecule has 2 aromatic carbocycles. The standard InChI is InChI=1S/C18H17Cl2N3O3/c1-2-23(18(26)12-8-6-11(7-9-12)17(21)25)10-15(24)22-16-13(19)4-3-5-14(16)20/h3-9H,2,10H2,1H3,(H2,21,25)(H,22,24). The van der Waals surface area contributed by atoms with Gasteiger partial charge in [-0.05, 0) is 43.3 Å². The second-order valence-corrected chi connectivity index (χ2v) is 6.22. The van der Waals surface area contributed by atoms with Crippen LogP contribution in [0.5, 0.6) is 0 Å². The summed E-state index contributed by atoms with van der Waals surface area (Å²) in [5.41, 5.74) is 6.13. The Morgan fingerprint density at radius 1 is 1.00 bits per heavy atom. The molecule has 2 rings (SSSR count). The van der Waals surface area contributed by atoms with E-state index in [-0.39, 0.29) is 12.5 Å². The van der Waals surface area contributed by atoms with Crippen molar-refractivity contribution in [1.29, 1.82) is 0 Å². The lowest BCUT2D eigenvalue weighted by Gasteiger charge is -2.21. The molecule has 0 fully saturated rings. The van der Waals surface area contributed by atoms with Crippen LogP contribution in [-0.4, -0.2) is 35.7 Å². The van der Waals surface area contributed by atoms with Crippen LogP contribution in [0.3, 0.4) is 0 Å². The SMILES string of the molecule is CCN(CC(=O)Nc1c(Cl)cccc1Cl)C(=O)c1ccc(C(N)=O)cc1. The summed E-state index contributed by atoms with van der Waals surface area (Å²) in [7, 11) is 0. The summed E-state index contributed by atoms with van der Waals surface area (Å²) < 4.78 is 0. The van der Waals surface area contributed by atoms with Crippen LogP contribution in [0.15, 0.2) is 42.5 Å². The minimum absolute atomic E-state index is 0.172. The Kier molecular flexibility index (Phi) is 6.60. The highest BCUT2D eigenvalue weighted by atomic mass is 35.5. The van der Waals surface area contributed by atoms with Gasteiger partial charge in [0.25, 0.3) is 5.91 Å². The van der Waals surface area contributed by atoms with Crippen LogP contribution < -0.4 is 11.1 Å². The summed E-state index contributed by atoms with van der Waals surface area (Å²) in [6, 6.07) is 10.8. The molecule has 3 N–H and O–H groups in total. The molecule has 0 aliphatic heterocycles. The number of carbonyl (C=O) groups excluding carboxylic acids is 3. The van der Waals surface area contributed by atoms with Gasteiger partial charge in [-0.2, -0.15) is 0 Å².